The van der Waals surface area contributed by atoms with E-state index in [1.54, 1.807) is 48.5 Å². The molecule has 0 aliphatic heterocycles. The Kier molecular flexibility index (Phi) is 7.70. The van der Waals surface area contributed by atoms with Gasteiger partial charge in [0.25, 0.3) is 0 Å². The Morgan fingerprint density at radius 2 is 1.59 bits per heavy atom. The lowest BCUT2D eigenvalue weighted by atomic mass is 9.86. The summed E-state index contributed by atoms with van der Waals surface area (Å²) in [5, 5.41) is 3.51. The van der Waals surface area contributed by atoms with E-state index in [9.17, 15) is 9.59 Å². The number of carbonyl (C=O) groups is 2. The lowest BCUT2D eigenvalue weighted by Gasteiger charge is -2.19. The van der Waals surface area contributed by atoms with Crippen molar-refractivity contribution in [2.45, 2.75) is 39.0 Å². The minimum atomic E-state index is -0.121. The van der Waals surface area contributed by atoms with Crippen LogP contribution in [0.5, 0.6) is 5.75 Å². The Labute approximate surface area is 194 Å². The van der Waals surface area contributed by atoms with Gasteiger partial charge in [-0.3, -0.25) is 9.59 Å². The Hall–Kier alpha value is -3.11. The van der Waals surface area contributed by atoms with Gasteiger partial charge in [0, 0.05) is 28.3 Å². The SMILES string of the molecule is CC(C)(C)c1ccc(C(=O)c2cccc(NC(=O)CCCOc3ccc(Cl)cc3)c2)cc1. The van der Waals surface area contributed by atoms with Crippen molar-refractivity contribution in [1.82, 2.24) is 0 Å². The van der Waals surface area contributed by atoms with Crippen LogP contribution in [0.15, 0.2) is 72.8 Å². The maximum absolute atomic E-state index is 12.9. The van der Waals surface area contributed by atoms with Gasteiger partial charge >= 0.3 is 0 Å². The molecule has 0 radical (unpaired) electrons. The van der Waals surface area contributed by atoms with Crippen molar-refractivity contribution in [3.05, 3.63) is 94.5 Å². The number of ether oxygens (including phenoxy) is 1. The van der Waals surface area contributed by atoms with Gasteiger partial charge in [-0.25, -0.2) is 0 Å². The van der Waals surface area contributed by atoms with Crippen LogP contribution in [0.4, 0.5) is 5.69 Å². The molecule has 0 aliphatic carbocycles. The van der Waals surface area contributed by atoms with Gasteiger partial charge < -0.3 is 10.1 Å². The van der Waals surface area contributed by atoms with Gasteiger partial charge in [0.1, 0.15) is 5.75 Å². The summed E-state index contributed by atoms with van der Waals surface area (Å²) in [5.74, 6) is 0.526. The first kappa shape index (κ1) is 23.6. The quantitative estimate of drug-likeness (QED) is 0.308. The summed E-state index contributed by atoms with van der Waals surface area (Å²) < 4.78 is 5.61. The van der Waals surface area contributed by atoms with Gasteiger partial charge in [0.2, 0.25) is 5.91 Å². The van der Waals surface area contributed by atoms with E-state index in [-0.39, 0.29) is 17.1 Å². The van der Waals surface area contributed by atoms with Crippen molar-refractivity contribution in [1.29, 1.82) is 0 Å². The van der Waals surface area contributed by atoms with Gasteiger partial charge in [-0.15, -0.1) is 0 Å². The zero-order chi connectivity index (χ0) is 23.1. The van der Waals surface area contributed by atoms with Crippen molar-refractivity contribution in [2.24, 2.45) is 0 Å². The number of rotatable bonds is 8. The molecule has 0 aliphatic rings. The first-order valence-electron chi connectivity index (χ1n) is 10.7. The average Bonchev–Trinajstić information content (AvgIpc) is 2.77. The van der Waals surface area contributed by atoms with Gasteiger partial charge in [-0.2, -0.15) is 0 Å². The number of hydrogen-bond donors (Lipinski definition) is 1. The highest BCUT2D eigenvalue weighted by Gasteiger charge is 2.15. The molecule has 0 saturated heterocycles. The van der Waals surface area contributed by atoms with Crippen molar-refractivity contribution >= 4 is 29.0 Å². The van der Waals surface area contributed by atoms with E-state index in [0.29, 0.717) is 41.3 Å². The molecule has 0 spiro atoms. The van der Waals surface area contributed by atoms with E-state index in [1.165, 1.54) is 5.56 Å². The number of ketones is 1. The number of hydrogen-bond acceptors (Lipinski definition) is 3. The van der Waals surface area contributed by atoms with Crippen molar-refractivity contribution in [2.75, 3.05) is 11.9 Å². The summed E-state index contributed by atoms with van der Waals surface area (Å²) in [7, 11) is 0. The Morgan fingerprint density at radius 1 is 0.906 bits per heavy atom. The first-order valence-corrected chi connectivity index (χ1v) is 11.0. The molecule has 1 N–H and O–H groups in total. The molecule has 0 bridgehead atoms. The van der Waals surface area contributed by atoms with Crippen LogP contribution < -0.4 is 10.1 Å². The summed E-state index contributed by atoms with van der Waals surface area (Å²) in [6.45, 7) is 6.84. The predicted octanol–water partition coefficient (Wildman–Crippen LogP) is 6.67. The van der Waals surface area contributed by atoms with E-state index in [4.69, 9.17) is 16.3 Å². The first-order chi connectivity index (χ1) is 15.2. The van der Waals surface area contributed by atoms with Crippen LogP contribution in [0.2, 0.25) is 5.02 Å². The minimum absolute atomic E-state index is 0.0334. The van der Waals surface area contributed by atoms with Crippen LogP contribution in [-0.4, -0.2) is 18.3 Å². The second-order valence-electron chi connectivity index (χ2n) is 8.69. The molecule has 4 nitrogen and oxygen atoms in total. The maximum Gasteiger partial charge on any atom is 0.224 e. The predicted molar refractivity (Wildman–Crippen MR) is 130 cm³/mol. The normalized spacial score (nSPS) is 11.1. The van der Waals surface area contributed by atoms with Crippen LogP contribution >= 0.6 is 11.6 Å². The molecule has 0 atom stereocenters. The zero-order valence-corrected chi connectivity index (χ0v) is 19.4. The van der Waals surface area contributed by atoms with Crippen LogP contribution in [0, 0.1) is 0 Å². The summed E-state index contributed by atoms with van der Waals surface area (Å²) >= 11 is 5.85. The molecule has 166 valence electrons. The minimum Gasteiger partial charge on any atom is -0.494 e. The van der Waals surface area contributed by atoms with Crippen molar-refractivity contribution < 1.29 is 14.3 Å². The van der Waals surface area contributed by atoms with Crippen LogP contribution in [0.1, 0.15) is 55.1 Å². The fourth-order valence-corrected chi connectivity index (χ4v) is 3.33. The molecule has 1 amide bonds. The summed E-state index contributed by atoms with van der Waals surface area (Å²) in [5.41, 5.74) is 2.98. The molecule has 5 heteroatoms. The summed E-state index contributed by atoms with van der Waals surface area (Å²) in [6.07, 6.45) is 0.896. The van der Waals surface area contributed by atoms with Gasteiger partial charge in [0.05, 0.1) is 6.61 Å². The molecular formula is C27H28ClNO3. The molecule has 0 aromatic heterocycles. The lowest BCUT2D eigenvalue weighted by Crippen LogP contribution is -2.13. The molecule has 0 unspecified atom stereocenters. The third-order valence-corrected chi connectivity index (χ3v) is 5.30. The molecule has 0 heterocycles. The summed E-state index contributed by atoms with van der Waals surface area (Å²) in [6, 6.07) is 21.8. The number of amides is 1. The third-order valence-electron chi connectivity index (χ3n) is 5.05. The van der Waals surface area contributed by atoms with Crippen LogP contribution in [0.25, 0.3) is 0 Å². The second kappa shape index (κ2) is 10.5. The van der Waals surface area contributed by atoms with E-state index >= 15 is 0 Å². The highest BCUT2D eigenvalue weighted by molar-refractivity contribution is 6.30. The van der Waals surface area contributed by atoms with E-state index in [2.05, 4.69) is 26.1 Å². The average molecular weight is 450 g/mol. The smallest absolute Gasteiger partial charge is 0.224 e. The van der Waals surface area contributed by atoms with Gasteiger partial charge in [-0.1, -0.05) is 68.8 Å². The highest BCUT2D eigenvalue weighted by Crippen LogP contribution is 2.23. The lowest BCUT2D eigenvalue weighted by molar-refractivity contribution is -0.116. The second-order valence-corrected chi connectivity index (χ2v) is 9.13. The number of halogens is 1. The molecule has 3 aromatic carbocycles. The fraction of sp³-hybridized carbons (Fsp3) is 0.259. The van der Waals surface area contributed by atoms with Crippen molar-refractivity contribution in [3.8, 4) is 5.75 Å². The molecule has 0 fully saturated rings. The zero-order valence-electron chi connectivity index (χ0n) is 18.7. The standard InChI is InChI=1S/C27H28ClNO3/c1-27(2,3)21-11-9-19(10-12-21)26(31)20-6-4-7-23(18-20)29-25(30)8-5-17-32-24-15-13-22(28)14-16-24/h4,6-7,9-16,18H,5,8,17H2,1-3H3,(H,29,30). The number of nitrogens with one attached hydrogen (secondary N) is 1. The number of benzene rings is 3. The highest BCUT2D eigenvalue weighted by atomic mass is 35.5. The molecular weight excluding hydrogens is 422 g/mol. The molecule has 32 heavy (non-hydrogen) atoms. The van der Waals surface area contributed by atoms with Gasteiger partial charge in [-0.05, 0) is 53.8 Å². The molecule has 3 aromatic rings. The van der Waals surface area contributed by atoms with Crippen LogP contribution in [-0.2, 0) is 10.2 Å². The van der Waals surface area contributed by atoms with E-state index in [1.807, 2.05) is 24.3 Å². The molecule has 3 rings (SSSR count). The van der Waals surface area contributed by atoms with E-state index in [0.717, 1.165) is 5.75 Å². The van der Waals surface area contributed by atoms with E-state index < -0.39 is 0 Å². The largest absolute Gasteiger partial charge is 0.494 e. The topological polar surface area (TPSA) is 55.4 Å². The van der Waals surface area contributed by atoms with Crippen molar-refractivity contribution in [3.63, 3.8) is 0 Å². The Bertz CT molecular complexity index is 1070. The van der Waals surface area contributed by atoms with Crippen LogP contribution in [0.3, 0.4) is 0 Å². The Balaban J connectivity index is 1.53. The fourth-order valence-electron chi connectivity index (χ4n) is 3.20. The third kappa shape index (κ3) is 6.69. The molecule has 0 saturated carbocycles. The Morgan fingerprint density at radius 3 is 2.25 bits per heavy atom. The number of carbonyl (C=O) groups excluding carboxylic acids is 2. The van der Waals surface area contributed by atoms with Gasteiger partial charge in [0.15, 0.2) is 5.78 Å². The number of anilines is 1. The monoisotopic (exact) mass is 449 g/mol. The summed E-state index contributed by atoms with van der Waals surface area (Å²) in [4.78, 5) is 25.2. The maximum atomic E-state index is 12.9.